The average molecular weight is 743 g/mol. The van der Waals surface area contributed by atoms with Crippen LogP contribution in [0.1, 0.15) is 0 Å². The molecule has 12 rings (SSSR count). The largest absolute Gasteiger partial charge is 0.309 e. The maximum absolute atomic E-state index is 2.42. The Hall–Kier alpha value is -7.20. The predicted octanol–water partition coefficient (Wildman–Crippen LogP) is 15.2. The normalized spacial score (nSPS) is 11.9. The summed E-state index contributed by atoms with van der Waals surface area (Å²) >= 11 is 1.89. The molecule has 9 aromatic carbocycles. The van der Waals surface area contributed by atoms with Gasteiger partial charge < -0.3 is 9.13 Å². The van der Waals surface area contributed by atoms with Crippen LogP contribution >= 0.6 is 11.3 Å². The summed E-state index contributed by atoms with van der Waals surface area (Å²) in [4.78, 5) is 0. The minimum absolute atomic E-state index is 1.16. The Bertz CT molecular complexity index is 3490. The highest BCUT2D eigenvalue weighted by Gasteiger charge is 2.18. The number of fused-ring (bicyclic) bond motifs is 9. The SMILES string of the molecule is c1ccc(-c2ccc(-n3c4ccccc4c4cc(-c5ccc6c(c5)c5cc(-c7cccc8c7sc7ccccc78)ccc5n6-c5ccccc5)ccc43)cc2)cc1. The summed E-state index contributed by atoms with van der Waals surface area (Å²) < 4.78 is 7.48. The highest BCUT2D eigenvalue weighted by atomic mass is 32.1. The Morgan fingerprint density at radius 1 is 0.281 bits per heavy atom. The molecule has 0 radical (unpaired) electrons. The standard InChI is InChI=1S/C54H34N2S/c1-3-12-35(13-4-1)36-22-27-41(28-23-36)56-49-20-9-7-16-43(49)46-32-37(24-29-50(46)56)38-25-30-51-47(33-38)48-34-39(26-31-52(48)55(51)40-14-5-2-6-15-40)42-18-11-19-45-44-17-8-10-21-53(44)57-54(42)45/h1-34H. The lowest BCUT2D eigenvalue weighted by molar-refractivity contribution is 1.18. The molecule has 0 saturated carbocycles. The minimum Gasteiger partial charge on any atom is -0.309 e. The third kappa shape index (κ3) is 5.03. The van der Waals surface area contributed by atoms with E-state index in [1.54, 1.807) is 0 Å². The zero-order valence-electron chi connectivity index (χ0n) is 30.9. The third-order valence-corrected chi connectivity index (χ3v) is 13.0. The number of aromatic nitrogens is 2. The molecule has 0 saturated heterocycles. The van der Waals surface area contributed by atoms with Crippen LogP contribution in [0.15, 0.2) is 206 Å². The van der Waals surface area contributed by atoms with E-state index in [2.05, 4.69) is 215 Å². The molecule has 0 N–H and O–H groups in total. The van der Waals surface area contributed by atoms with Gasteiger partial charge in [0.1, 0.15) is 0 Å². The van der Waals surface area contributed by atoms with E-state index in [9.17, 15) is 0 Å². The number of thiophene rings is 1. The van der Waals surface area contributed by atoms with Gasteiger partial charge in [-0.2, -0.15) is 0 Å². The van der Waals surface area contributed by atoms with Gasteiger partial charge in [-0.05, 0) is 106 Å². The lowest BCUT2D eigenvalue weighted by Gasteiger charge is -2.10. The number of benzene rings is 9. The van der Waals surface area contributed by atoms with E-state index < -0.39 is 0 Å². The van der Waals surface area contributed by atoms with Crippen LogP contribution in [0.4, 0.5) is 0 Å². The van der Waals surface area contributed by atoms with Crippen LogP contribution in [0.3, 0.4) is 0 Å². The van der Waals surface area contributed by atoms with Crippen LogP contribution in [-0.2, 0) is 0 Å². The van der Waals surface area contributed by atoms with Crippen LogP contribution in [0.25, 0.3) is 109 Å². The molecule has 0 atom stereocenters. The summed E-state index contributed by atoms with van der Waals surface area (Å²) in [5, 5.41) is 7.65. The molecule has 12 aromatic rings. The number of hydrogen-bond donors (Lipinski definition) is 0. The molecule has 3 heteroatoms. The molecule has 0 fully saturated rings. The quantitative estimate of drug-likeness (QED) is 0.166. The Balaban J connectivity index is 1.03. The van der Waals surface area contributed by atoms with Crippen molar-refractivity contribution in [1.29, 1.82) is 0 Å². The van der Waals surface area contributed by atoms with Crippen LogP contribution in [0.2, 0.25) is 0 Å². The molecular weight excluding hydrogens is 709 g/mol. The Morgan fingerprint density at radius 2 is 0.754 bits per heavy atom. The van der Waals surface area contributed by atoms with E-state index in [1.165, 1.54) is 97.2 Å². The van der Waals surface area contributed by atoms with E-state index in [1.807, 2.05) is 11.3 Å². The third-order valence-electron chi connectivity index (χ3n) is 11.7. The van der Waals surface area contributed by atoms with Crippen molar-refractivity contribution >= 4 is 75.1 Å². The first-order chi connectivity index (χ1) is 28.3. The van der Waals surface area contributed by atoms with Gasteiger partial charge in [-0.3, -0.25) is 0 Å². The van der Waals surface area contributed by atoms with E-state index in [0.717, 1.165) is 11.4 Å². The van der Waals surface area contributed by atoms with E-state index in [0.29, 0.717) is 0 Å². The van der Waals surface area contributed by atoms with Gasteiger partial charge >= 0.3 is 0 Å². The topological polar surface area (TPSA) is 9.86 Å². The monoisotopic (exact) mass is 742 g/mol. The second kappa shape index (κ2) is 12.7. The molecule has 0 aliphatic rings. The van der Waals surface area contributed by atoms with Gasteiger partial charge in [-0.25, -0.2) is 0 Å². The van der Waals surface area contributed by atoms with E-state index >= 15 is 0 Å². The maximum Gasteiger partial charge on any atom is 0.0541 e. The minimum atomic E-state index is 1.16. The molecule has 0 aliphatic carbocycles. The number of para-hydroxylation sites is 2. The molecule has 0 unspecified atom stereocenters. The second-order valence-corrected chi connectivity index (χ2v) is 16.0. The molecule has 2 nitrogen and oxygen atoms in total. The fraction of sp³-hybridized carbons (Fsp3) is 0. The van der Waals surface area contributed by atoms with Crippen molar-refractivity contribution in [1.82, 2.24) is 9.13 Å². The zero-order valence-corrected chi connectivity index (χ0v) is 31.7. The number of rotatable bonds is 5. The Labute approximate surface area is 333 Å². The molecule has 0 aliphatic heterocycles. The maximum atomic E-state index is 2.42. The molecular formula is C54H34N2S. The van der Waals surface area contributed by atoms with Crippen molar-refractivity contribution < 1.29 is 0 Å². The van der Waals surface area contributed by atoms with Crippen molar-refractivity contribution in [3.8, 4) is 44.8 Å². The first kappa shape index (κ1) is 32.1. The molecule has 57 heavy (non-hydrogen) atoms. The summed E-state index contributed by atoms with van der Waals surface area (Å²) in [5.74, 6) is 0. The van der Waals surface area contributed by atoms with Crippen molar-refractivity contribution in [2.45, 2.75) is 0 Å². The van der Waals surface area contributed by atoms with Gasteiger partial charge in [0.25, 0.3) is 0 Å². The lowest BCUT2D eigenvalue weighted by Crippen LogP contribution is -1.94. The zero-order chi connectivity index (χ0) is 37.5. The Kier molecular flexibility index (Phi) is 7.13. The van der Waals surface area contributed by atoms with Gasteiger partial charge in [-0.15, -0.1) is 11.3 Å². The fourth-order valence-corrected chi connectivity index (χ4v) is 10.3. The molecule has 3 heterocycles. The smallest absolute Gasteiger partial charge is 0.0541 e. The molecule has 0 spiro atoms. The lowest BCUT2D eigenvalue weighted by atomic mass is 9.98. The van der Waals surface area contributed by atoms with Crippen molar-refractivity contribution in [3.63, 3.8) is 0 Å². The fourth-order valence-electron chi connectivity index (χ4n) is 9.06. The van der Waals surface area contributed by atoms with Crippen molar-refractivity contribution in [3.05, 3.63) is 206 Å². The van der Waals surface area contributed by atoms with E-state index in [4.69, 9.17) is 0 Å². The van der Waals surface area contributed by atoms with Crippen LogP contribution < -0.4 is 0 Å². The van der Waals surface area contributed by atoms with Gasteiger partial charge in [0.05, 0.1) is 22.1 Å². The van der Waals surface area contributed by atoms with Gasteiger partial charge in [0.2, 0.25) is 0 Å². The predicted molar refractivity (Wildman–Crippen MR) is 244 cm³/mol. The average Bonchev–Trinajstić information content (AvgIpc) is 3.94. The molecule has 3 aromatic heterocycles. The first-order valence-corrected chi connectivity index (χ1v) is 20.3. The van der Waals surface area contributed by atoms with Gasteiger partial charge in [0, 0.05) is 53.1 Å². The number of hydrogen-bond acceptors (Lipinski definition) is 1. The van der Waals surface area contributed by atoms with Gasteiger partial charge in [0.15, 0.2) is 0 Å². The highest BCUT2D eigenvalue weighted by molar-refractivity contribution is 7.26. The summed E-state index contributed by atoms with van der Waals surface area (Å²) in [5.41, 5.74) is 14.5. The summed E-state index contributed by atoms with van der Waals surface area (Å²) in [7, 11) is 0. The van der Waals surface area contributed by atoms with Gasteiger partial charge in [-0.1, -0.05) is 133 Å². The van der Waals surface area contributed by atoms with Crippen molar-refractivity contribution in [2.75, 3.05) is 0 Å². The van der Waals surface area contributed by atoms with Crippen LogP contribution in [0.5, 0.6) is 0 Å². The highest BCUT2D eigenvalue weighted by Crippen LogP contribution is 2.43. The number of nitrogens with zero attached hydrogens (tertiary/aromatic N) is 2. The summed E-state index contributed by atoms with van der Waals surface area (Å²) in [6.07, 6.45) is 0. The first-order valence-electron chi connectivity index (χ1n) is 19.5. The van der Waals surface area contributed by atoms with Crippen LogP contribution in [0, 0.1) is 0 Å². The van der Waals surface area contributed by atoms with E-state index in [-0.39, 0.29) is 0 Å². The Morgan fingerprint density at radius 3 is 1.46 bits per heavy atom. The van der Waals surface area contributed by atoms with Crippen LogP contribution in [-0.4, -0.2) is 9.13 Å². The summed E-state index contributed by atoms with van der Waals surface area (Å²) in [6.45, 7) is 0. The van der Waals surface area contributed by atoms with Crippen molar-refractivity contribution in [2.24, 2.45) is 0 Å². The molecule has 0 amide bonds. The summed E-state index contributed by atoms with van der Waals surface area (Å²) in [6, 6.07) is 75.6. The second-order valence-electron chi connectivity index (χ2n) is 14.9. The molecule has 0 bridgehead atoms. The molecule has 266 valence electrons.